The van der Waals surface area contributed by atoms with E-state index in [0.717, 1.165) is 36.5 Å². The number of nitrogens with zero attached hydrogens (tertiary/aromatic N) is 3. The quantitative estimate of drug-likeness (QED) is 0.594. The van der Waals surface area contributed by atoms with Gasteiger partial charge in [0.25, 0.3) is 0 Å². The molecule has 2 N–H and O–H groups in total. The van der Waals surface area contributed by atoms with Gasteiger partial charge in [-0.15, -0.1) is 0 Å². The SMILES string of the molecule is CCNC(=NCc1nc(C)c(C)o1)NCC(C)N(C)C1CC1. The average Bonchev–Trinajstić information content (AvgIpc) is 3.28. The molecule has 0 spiro atoms. The van der Waals surface area contributed by atoms with Crippen LogP contribution in [0.2, 0.25) is 0 Å². The van der Waals surface area contributed by atoms with Crippen molar-refractivity contribution in [2.75, 3.05) is 20.1 Å². The summed E-state index contributed by atoms with van der Waals surface area (Å²) in [5.41, 5.74) is 0.933. The van der Waals surface area contributed by atoms with Crippen LogP contribution in [-0.4, -0.2) is 48.1 Å². The fourth-order valence-electron chi connectivity index (χ4n) is 2.33. The van der Waals surface area contributed by atoms with E-state index in [-0.39, 0.29) is 0 Å². The zero-order chi connectivity index (χ0) is 16.1. The second-order valence-corrected chi connectivity index (χ2v) is 6.07. The summed E-state index contributed by atoms with van der Waals surface area (Å²) in [6.45, 7) is 10.4. The van der Waals surface area contributed by atoms with Gasteiger partial charge in [0.05, 0.1) is 5.69 Å². The maximum Gasteiger partial charge on any atom is 0.216 e. The fourth-order valence-corrected chi connectivity index (χ4v) is 2.33. The Morgan fingerprint density at radius 2 is 2.14 bits per heavy atom. The zero-order valence-corrected chi connectivity index (χ0v) is 14.4. The molecule has 1 unspecified atom stereocenters. The molecule has 1 atom stereocenters. The van der Waals surface area contributed by atoms with E-state index in [0.29, 0.717) is 18.5 Å². The Hall–Kier alpha value is -1.56. The molecule has 6 nitrogen and oxygen atoms in total. The Morgan fingerprint density at radius 3 is 2.68 bits per heavy atom. The molecule has 0 bridgehead atoms. The number of guanidine groups is 1. The number of aliphatic imine (C=N–C) groups is 1. The lowest BCUT2D eigenvalue weighted by Gasteiger charge is -2.25. The lowest BCUT2D eigenvalue weighted by atomic mass is 10.3. The van der Waals surface area contributed by atoms with E-state index in [1.165, 1.54) is 12.8 Å². The zero-order valence-electron chi connectivity index (χ0n) is 14.4. The van der Waals surface area contributed by atoms with Crippen LogP contribution in [0, 0.1) is 13.8 Å². The molecule has 1 aliphatic carbocycles. The van der Waals surface area contributed by atoms with Crippen molar-refractivity contribution in [3.05, 3.63) is 17.3 Å². The maximum atomic E-state index is 5.56. The Balaban J connectivity index is 1.86. The van der Waals surface area contributed by atoms with Gasteiger partial charge in [-0.1, -0.05) is 0 Å². The molecule has 1 aliphatic rings. The van der Waals surface area contributed by atoms with E-state index in [9.17, 15) is 0 Å². The normalized spacial score (nSPS) is 16.9. The van der Waals surface area contributed by atoms with Crippen LogP contribution < -0.4 is 10.6 Å². The first kappa shape index (κ1) is 16.8. The average molecular weight is 307 g/mol. The summed E-state index contributed by atoms with van der Waals surface area (Å²) < 4.78 is 5.56. The lowest BCUT2D eigenvalue weighted by Crippen LogP contribution is -2.45. The molecular formula is C16H29N5O. The van der Waals surface area contributed by atoms with Crippen molar-refractivity contribution in [3.8, 4) is 0 Å². The van der Waals surface area contributed by atoms with Gasteiger partial charge in [-0.25, -0.2) is 9.98 Å². The first-order chi connectivity index (χ1) is 10.5. The number of nitrogens with one attached hydrogen (secondary N) is 2. The predicted molar refractivity (Wildman–Crippen MR) is 89.0 cm³/mol. The van der Waals surface area contributed by atoms with E-state index >= 15 is 0 Å². The molecule has 0 aromatic carbocycles. The van der Waals surface area contributed by atoms with Gasteiger partial charge in [0.2, 0.25) is 5.89 Å². The van der Waals surface area contributed by atoms with Crippen molar-refractivity contribution in [1.29, 1.82) is 0 Å². The van der Waals surface area contributed by atoms with Crippen LogP contribution in [0.15, 0.2) is 9.41 Å². The summed E-state index contributed by atoms with van der Waals surface area (Å²) in [7, 11) is 2.20. The minimum atomic E-state index is 0.455. The van der Waals surface area contributed by atoms with Gasteiger partial charge in [0.1, 0.15) is 12.3 Å². The Morgan fingerprint density at radius 1 is 1.41 bits per heavy atom. The van der Waals surface area contributed by atoms with E-state index in [2.05, 4.69) is 46.4 Å². The van der Waals surface area contributed by atoms with Gasteiger partial charge in [0.15, 0.2) is 5.96 Å². The standard InChI is InChI=1S/C16H29N5O/c1-6-17-16(18-9-11(2)21(5)14-7-8-14)19-10-15-20-12(3)13(4)22-15/h11,14H,6-10H2,1-5H3,(H2,17,18,19). The Bertz CT molecular complexity index is 487. The van der Waals surface area contributed by atoms with Crippen molar-refractivity contribution in [2.24, 2.45) is 4.99 Å². The van der Waals surface area contributed by atoms with Gasteiger partial charge in [0, 0.05) is 25.2 Å². The van der Waals surface area contributed by atoms with Gasteiger partial charge < -0.3 is 15.1 Å². The molecule has 22 heavy (non-hydrogen) atoms. The van der Waals surface area contributed by atoms with Crippen molar-refractivity contribution in [2.45, 2.75) is 59.2 Å². The monoisotopic (exact) mass is 307 g/mol. The van der Waals surface area contributed by atoms with Crippen LogP contribution >= 0.6 is 0 Å². The summed E-state index contributed by atoms with van der Waals surface area (Å²) in [5.74, 6) is 2.34. The summed E-state index contributed by atoms with van der Waals surface area (Å²) >= 11 is 0. The van der Waals surface area contributed by atoms with Gasteiger partial charge in [-0.3, -0.25) is 4.90 Å². The van der Waals surface area contributed by atoms with Crippen LogP contribution in [-0.2, 0) is 6.54 Å². The Labute approximate surface area is 133 Å². The summed E-state index contributed by atoms with van der Waals surface area (Å²) in [4.78, 5) is 11.4. The number of oxazole rings is 1. The number of hydrogen-bond donors (Lipinski definition) is 2. The Kier molecular flexibility index (Phi) is 5.83. The van der Waals surface area contributed by atoms with Crippen LogP contribution in [0.3, 0.4) is 0 Å². The maximum absolute atomic E-state index is 5.56. The second-order valence-electron chi connectivity index (χ2n) is 6.07. The minimum absolute atomic E-state index is 0.455. The minimum Gasteiger partial charge on any atom is -0.444 e. The summed E-state index contributed by atoms with van der Waals surface area (Å²) in [6, 6.07) is 1.26. The van der Waals surface area contributed by atoms with Crippen molar-refractivity contribution in [3.63, 3.8) is 0 Å². The largest absolute Gasteiger partial charge is 0.444 e. The second kappa shape index (κ2) is 7.63. The predicted octanol–water partition coefficient (Wildman–Crippen LogP) is 1.83. The molecule has 1 aromatic rings. The topological polar surface area (TPSA) is 65.7 Å². The summed E-state index contributed by atoms with van der Waals surface area (Å²) in [5, 5.41) is 6.67. The van der Waals surface area contributed by atoms with Gasteiger partial charge in [-0.05, 0) is 47.6 Å². The van der Waals surface area contributed by atoms with Crippen LogP contribution in [0.1, 0.15) is 44.0 Å². The third-order valence-electron chi connectivity index (χ3n) is 4.17. The number of likely N-dealkylation sites (N-methyl/N-ethyl adjacent to an activating group) is 1. The van der Waals surface area contributed by atoms with E-state index in [4.69, 9.17) is 4.42 Å². The number of aromatic nitrogens is 1. The van der Waals surface area contributed by atoms with Crippen molar-refractivity contribution < 1.29 is 4.42 Å². The molecule has 0 amide bonds. The van der Waals surface area contributed by atoms with Crippen LogP contribution in [0.4, 0.5) is 0 Å². The number of rotatable bonds is 7. The van der Waals surface area contributed by atoms with Crippen LogP contribution in [0.5, 0.6) is 0 Å². The van der Waals surface area contributed by atoms with Crippen molar-refractivity contribution >= 4 is 5.96 Å². The third kappa shape index (κ3) is 4.73. The highest BCUT2D eigenvalue weighted by atomic mass is 16.4. The van der Waals surface area contributed by atoms with Gasteiger partial charge in [-0.2, -0.15) is 0 Å². The first-order valence-electron chi connectivity index (χ1n) is 8.18. The highest BCUT2D eigenvalue weighted by Crippen LogP contribution is 2.26. The molecule has 0 aliphatic heterocycles. The summed E-state index contributed by atoms with van der Waals surface area (Å²) in [6.07, 6.45) is 2.66. The number of hydrogen-bond acceptors (Lipinski definition) is 4. The molecule has 2 rings (SSSR count). The first-order valence-corrected chi connectivity index (χ1v) is 8.18. The van der Waals surface area contributed by atoms with Gasteiger partial charge >= 0.3 is 0 Å². The molecule has 1 aromatic heterocycles. The molecule has 6 heteroatoms. The highest BCUT2D eigenvalue weighted by molar-refractivity contribution is 5.79. The molecule has 1 saturated carbocycles. The van der Waals surface area contributed by atoms with E-state index in [1.54, 1.807) is 0 Å². The number of aryl methyl sites for hydroxylation is 2. The van der Waals surface area contributed by atoms with E-state index < -0.39 is 0 Å². The third-order valence-corrected chi connectivity index (χ3v) is 4.17. The van der Waals surface area contributed by atoms with E-state index in [1.807, 2.05) is 13.8 Å². The molecular weight excluding hydrogens is 278 g/mol. The molecule has 1 fully saturated rings. The fraction of sp³-hybridized carbons (Fsp3) is 0.750. The smallest absolute Gasteiger partial charge is 0.216 e. The highest BCUT2D eigenvalue weighted by Gasteiger charge is 2.28. The van der Waals surface area contributed by atoms with Crippen molar-refractivity contribution in [1.82, 2.24) is 20.5 Å². The molecule has 124 valence electrons. The molecule has 1 heterocycles. The molecule has 0 radical (unpaired) electrons. The molecule has 0 saturated heterocycles. The lowest BCUT2D eigenvalue weighted by molar-refractivity contribution is 0.247. The van der Waals surface area contributed by atoms with Crippen LogP contribution in [0.25, 0.3) is 0 Å².